The second-order valence-electron chi connectivity index (χ2n) is 5.16. The molecule has 1 unspecified atom stereocenters. The average Bonchev–Trinajstić information content (AvgIpc) is 3.11. The summed E-state index contributed by atoms with van der Waals surface area (Å²) < 4.78 is 30.5. The summed E-state index contributed by atoms with van der Waals surface area (Å²) in [7, 11) is -1.94. The van der Waals surface area contributed by atoms with Crippen molar-refractivity contribution in [2.24, 2.45) is 5.92 Å². The number of piperidine rings is 1. The van der Waals surface area contributed by atoms with Crippen LogP contribution in [0.4, 0.5) is 0 Å². The number of methoxy groups -OCH3 is 1. The third-order valence-corrected chi connectivity index (χ3v) is 6.47. The molecule has 0 aromatic rings. The van der Waals surface area contributed by atoms with E-state index in [0.29, 0.717) is 32.2 Å². The number of nitrogens with zero attached hydrogens (tertiary/aromatic N) is 1. The number of carboxylic acids is 1. The van der Waals surface area contributed by atoms with Crippen molar-refractivity contribution >= 4 is 16.0 Å². The van der Waals surface area contributed by atoms with E-state index in [4.69, 9.17) is 9.84 Å². The topological polar surface area (TPSA) is 83.9 Å². The molecular weight excluding hydrogens is 258 g/mol. The number of rotatable bonds is 5. The fourth-order valence-electron chi connectivity index (χ4n) is 2.52. The van der Waals surface area contributed by atoms with Crippen LogP contribution >= 0.6 is 0 Å². The molecule has 0 radical (unpaired) electrons. The Kier molecular flexibility index (Phi) is 3.66. The molecular formula is C11H19NO5S. The fourth-order valence-corrected chi connectivity index (χ4v) is 4.69. The molecule has 2 aliphatic rings. The van der Waals surface area contributed by atoms with Gasteiger partial charge in [-0.1, -0.05) is 0 Å². The molecule has 0 aromatic heterocycles. The highest BCUT2D eigenvalue weighted by Gasteiger charge is 2.57. The maximum absolute atomic E-state index is 12.5. The molecule has 1 saturated carbocycles. The summed E-state index contributed by atoms with van der Waals surface area (Å²) in [5.74, 6) is -1.49. The molecule has 2 rings (SSSR count). The summed E-state index contributed by atoms with van der Waals surface area (Å²) in [5, 5.41) is 9.00. The molecule has 0 amide bonds. The number of carbonyl (C=O) groups is 1. The highest BCUT2D eigenvalue weighted by molar-refractivity contribution is 7.90. The molecule has 1 heterocycles. The molecule has 7 heteroatoms. The van der Waals surface area contributed by atoms with E-state index in [1.54, 1.807) is 0 Å². The summed E-state index contributed by atoms with van der Waals surface area (Å²) in [6, 6.07) is 0. The van der Waals surface area contributed by atoms with Crippen LogP contribution in [0.3, 0.4) is 0 Å². The molecule has 1 atom stereocenters. The van der Waals surface area contributed by atoms with Crippen molar-refractivity contribution in [1.82, 2.24) is 4.31 Å². The van der Waals surface area contributed by atoms with Crippen molar-refractivity contribution < 1.29 is 23.1 Å². The van der Waals surface area contributed by atoms with Crippen LogP contribution in [0, 0.1) is 5.92 Å². The second kappa shape index (κ2) is 4.79. The van der Waals surface area contributed by atoms with Gasteiger partial charge in [-0.25, -0.2) is 12.7 Å². The minimum absolute atomic E-state index is 0.100. The lowest BCUT2D eigenvalue weighted by molar-refractivity contribution is -0.142. The number of aliphatic carboxylic acids is 1. The standard InChI is InChI=1S/C11H19NO5S/c1-17-8-11(4-5-11)18(15,16)12-6-2-3-9(7-12)10(13)14/h9H,2-8H2,1H3,(H,13,14). The van der Waals surface area contributed by atoms with E-state index < -0.39 is 26.7 Å². The number of ether oxygens (including phenoxy) is 1. The molecule has 1 aliphatic carbocycles. The Balaban J connectivity index is 2.13. The molecule has 6 nitrogen and oxygen atoms in total. The molecule has 18 heavy (non-hydrogen) atoms. The van der Waals surface area contributed by atoms with Gasteiger partial charge in [0.1, 0.15) is 4.75 Å². The zero-order valence-corrected chi connectivity index (χ0v) is 11.3. The van der Waals surface area contributed by atoms with Crippen LogP contribution in [0.15, 0.2) is 0 Å². The fraction of sp³-hybridized carbons (Fsp3) is 0.909. The third-order valence-electron chi connectivity index (χ3n) is 3.84. The summed E-state index contributed by atoms with van der Waals surface area (Å²) in [5.41, 5.74) is 0. The van der Waals surface area contributed by atoms with Gasteiger partial charge in [-0.15, -0.1) is 0 Å². The zero-order chi connectivity index (χ0) is 13.4. The van der Waals surface area contributed by atoms with Crippen molar-refractivity contribution in [3.63, 3.8) is 0 Å². The second-order valence-corrected chi connectivity index (χ2v) is 7.49. The summed E-state index contributed by atoms with van der Waals surface area (Å²) in [6.07, 6.45) is 2.38. The van der Waals surface area contributed by atoms with E-state index >= 15 is 0 Å². The van der Waals surface area contributed by atoms with Crippen LogP contribution in [0.25, 0.3) is 0 Å². The molecule has 2 fully saturated rings. The third kappa shape index (κ3) is 2.26. The van der Waals surface area contributed by atoms with Crippen LogP contribution in [-0.2, 0) is 19.6 Å². The van der Waals surface area contributed by atoms with Gasteiger partial charge in [-0.2, -0.15) is 0 Å². The Morgan fingerprint density at radius 1 is 1.50 bits per heavy atom. The molecule has 1 aliphatic heterocycles. The van der Waals surface area contributed by atoms with Crippen LogP contribution in [0.2, 0.25) is 0 Å². The number of sulfonamides is 1. The van der Waals surface area contributed by atoms with Gasteiger partial charge in [0.15, 0.2) is 0 Å². The Bertz CT molecular complexity index is 429. The van der Waals surface area contributed by atoms with Gasteiger partial charge in [-0.3, -0.25) is 4.79 Å². The first-order valence-corrected chi connectivity index (χ1v) is 7.58. The van der Waals surface area contributed by atoms with E-state index in [1.165, 1.54) is 11.4 Å². The van der Waals surface area contributed by atoms with Gasteiger partial charge in [0.2, 0.25) is 10.0 Å². The molecule has 0 bridgehead atoms. The van der Waals surface area contributed by atoms with Crippen molar-refractivity contribution in [2.45, 2.75) is 30.4 Å². The van der Waals surface area contributed by atoms with Crippen molar-refractivity contribution in [3.8, 4) is 0 Å². The number of hydrogen-bond acceptors (Lipinski definition) is 4. The first-order valence-electron chi connectivity index (χ1n) is 6.14. The number of carboxylic acid groups (broad SMARTS) is 1. The van der Waals surface area contributed by atoms with Gasteiger partial charge in [0.25, 0.3) is 0 Å². The highest BCUT2D eigenvalue weighted by Crippen LogP contribution is 2.46. The lowest BCUT2D eigenvalue weighted by atomic mass is 10.0. The maximum atomic E-state index is 12.5. The summed E-state index contributed by atoms with van der Waals surface area (Å²) in [4.78, 5) is 11.0. The monoisotopic (exact) mass is 277 g/mol. The Morgan fingerprint density at radius 3 is 2.67 bits per heavy atom. The predicted molar refractivity (Wildman–Crippen MR) is 64.7 cm³/mol. The van der Waals surface area contributed by atoms with Gasteiger partial charge < -0.3 is 9.84 Å². The largest absolute Gasteiger partial charge is 0.481 e. The van der Waals surface area contributed by atoms with Crippen LogP contribution in [0.1, 0.15) is 25.7 Å². The SMILES string of the molecule is COCC1(S(=O)(=O)N2CCCC(C(=O)O)C2)CC1. The van der Waals surface area contributed by atoms with Gasteiger partial charge in [0.05, 0.1) is 12.5 Å². The number of hydrogen-bond donors (Lipinski definition) is 1. The normalized spacial score (nSPS) is 27.9. The van der Waals surface area contributed by atoms with Gasteiger partial charge in [0, 0.05) is 20.2 Å². The Labute approximate surface area is 107 Å². The van der Waals surface area contributed by atoms with E-state index in [0.717, 1.165) is 0 Å². The first-order chi connectivity index (χ1) is 8.43. The Hall–Kier alpha value is -0.660. The summed E-state index contributed by atoms with van der Waals surface area (Å²) >= 11 is 0. The van der Waals surface area contributed by atoms with Crippen LogP contribution in [0.5, 0.6) is 0 Å². The zero-order valence-electron chi connectivity index (χ0n) is 10.5. The summed E-state index contributed by atoms with van der Waals surface area (Å²) in [6.45, 7) is 0.726. The van der Waals surface area contributed by atoms with Crippen LogP contribution < -0.4 is 0 Å². The van der Waals surface area contributed by atoms with E-state index in [-0.39, 0.29) is 13.2 Å². The minimum atomic E-state index is -3.43. The molecule has 0 spiro atoms. The molecule has 104 valence electrons. The first kappa shape index (κ1) is 13.8. The quantitative estimate of drug-likeness (QED) is 0.781. The lowest BCUT2D eigenvalue weighted by Crippen LogP contribution is -2.48. The average molecular weight is 277 g/mol. The van der Waals surface area contributed by atoms with Crippen molar-refractivity contribution in [3.05, 3.63) is 0 Å². The predicted octanol–water partition coefficient (Wildman–Crippen LogP) is 0.292. The maximum Gasteiger partial charge on any atom is 0.307 e. The smallest absolute Gasteiger partial charge is 0.307 e. The van der Waals surface area contributed by atoms with E-state index in [1.807, 2.05) is 0 Å². The molecule has 0 aromatic carbocycles. The Morgan fingerprint density at radius 2 is 2.17 bits per heavy atom. The van der Waals surface area contributed by atoms with Crippen LogP contribution in [-0.4, -0.2) is 55.4 Å². The lowest BCUT2D eigenvalue weighted by Gasteiger charge is -2.32. The van der Waals surface area contributed by atoms with Crippen molar-refractivity contribution in [1.29, 1.82) is 0 Å². The molecule has 1 saturated heterocycles. The van der Waals surface area contributed by atoms with Gasteiger partial charge >= 0.3 is 5.97 Å². The molecule has 1 N–H and O–H groups in total. The highest BCUT2D eigenvalue weighted by atomic mass is 32.2. The van der Waals surface area contributed by atoms with Crippen molar-refractivity contribution in [2.75, 3.05) is 26.8 Å². The minimum Gasteiger partial charge on any atom is -0.481 e. The van der Waals surface area contributed by atoms with E-state index in [2.05, 4.69) is 0 Å². The van der Waals surface area contributed by atoms with E-state index in [9.17, 15) is 13.2 Å². The van der Waals surface area contributed by atoms with Gasteiger partial charge in [-0.05, 0) is 25.7 Å².